The first kappa shape index (κ1) is 14.8. The fourth-order valence-corrected chi connectivity index (χ4v) is 4.72. The third-order valence-corrected chi connectivity index (χ3v) is 6.03. The Labute approximate surface area is 139 Å². The lowest BCUT2D eigenvalue weighted by molar-refractivity contribution is -0.122. The Morgan fingerprint density at radius 1 is 1.35 bits per heavy atom. The molecule has 1 aromatic heterocycles. The van der Waals surface area contributed by atoms with E-state index in [1.807, 2.05) is 12.1 Å². The van der Waals surface area contributed by atoms with Crippen molar-refractivity contribution < 1.29 is 9.32 Å². The van der Waals surface area contributed by atoms with E-state index >= 15 is 0 Å². The fourth-order valence-electron chi connectivity index (χ4n) is 3.52. The second-order valence-corrected chi connectivity index (χ2v) is 7.58. The molecule has 1 N–H and O–H groups in total. The molecule has 1 unspecified atom stereocenters. The Morgan fingerprint density at radius 2 is 2.13 bits per heavy atom. The van der Waals surface area contributed by atoms with Gasteiger partial charge in [-0.05, 0) is 30.9 Å². The number of aryl methyl sites for hydroxylation is 1. The number of hydrogen-bond donors (Lipinski definition) is 1. The van der Waals surface area contributed by atoms with E-state index in [2.05, 4.69) is 27.6 Å². The van der Waals surface area contributed by atoms with Crippen molar-refractivity contribution in [2.24, 2.45) is 0 Å². The summed E-state index contributed by atoms with van der Waals surface area (Å²) in [6.07, 6.45) is 4.69. The lowest BCUT2D eigenvalue weighted by Gasteiger charge is -2.28. The Morgan fingerprint density at radius 3 is 2.83 bits per heavy atom. The molecule has 0 spiro atoms. The average molecular weight is 329 g/mol. The molecule has 4 rings (SSSR count). The van der Waals surface area contributed by atoms with Crippen LogP contribution in [0.1, 0.15) is 43.0 Å². The van der Waals surface area contributed by atoms with Crippen molar-refractivity contribution in [1.82, 2.24) is 15.5 Å². The summed E-state index contributed by atoms with van der Waals surface area (Å²) < 4.78 is 5.14. The molecule has 6 heteroatoms. The minimum Gasteiger partial charge on any atom is -0.342 e. The van der Waals surface area contributed by atoms with Gasteiger partial charge in [-0.2, -0.15) is 4.98 Å². The van der Waals surface area contributed by atoms with Gasteiger partial charge >= 0.3 is 0 Å². The van der Waals surface area contributed by atoms with E-state index in [-0.39, 0.29) is 11.2 Å². The summed E-state index contributed by atoms with van der Waals surface area (Å²) in [5.41, 5.74) is 0.804. The standard InChI is InChI=1S/C17H19N3O2S/c1-11-18-16(20-22-11)17(8-4-5-9-17)19-15(21)14-10-12-6-2-3-7-13(12)23-14/h2-3,6-7,14H,4-5,8-10H2,1H3,(H,19,21). The summed E-state index contributed by atoms with van der Waals surface area (Å²) >= 11 is 1.65. The molecule has 2 heterocycles. The number of nitrogens with zero attached hydrogens (tertiary/aromatic N) is 2. The van der Waals surface area contributed by atoms with Crippen LogP contribution in [0.25, 0.3) is 0 Å². The van der Waals surface area contributed by atoms with Crippen LogP contribution in [-0.2, 0) is 16.8 Å². The normalized spacial score (nSPS) is 22.0. The molecule has 1 fully saturated rings. The van der Waals surface area contributed by atoms with Gasteiger partial charge in [0.2, 0.25) is 11.8 Å². The van der Waals surface area contributed by atoms with Crippen molar-refractivity contribution in [3.8, 4) is 0 Å². The van der Waals surface area contributed by atoms with Gasteiger partial charge in [0.1, 0.15) is 5.54 Å². The summed E-state index contributed by atoms with van der Waals surface area (Å²) in [5.74, 6) is 1.25. The van der Waals surface area contributed by atoms with E-state index < -0.39 is 5.54 Å². The number of nitrogens with one attached hydrogen (secondary N) is 1. The minimum absolute atomic E-state index is 0.0714. The molecule has 23 heavy (non-hydrogen) atoms. The zero-order valence-electron chi connectivity index (χ0n) is 13.0. The molecule has 1 aliphatic carbocycles. The lowest BCUT2D eigenvalue weighted by atomic mass is 9.96. The van der Waals surface area contributed by atoms with Crippen LogP contribution < -0.4 is 5.32 Å². The number of fused-ring (bicyclic) bond motifs is 1. The Hall–Kier alpha value is -1.82. The number of carbonyl (C=O) groups is 1. The van der Waals surface area contributed by atoms with Crippen LogP contribution >= 0.6 is 11.8 Å². The summed E-state index contributed by atoms with van der Waals surface area (Å²) in [7, 11) is 0. The monoisotopic (exact) mass is 329 g/mol. The van der Waals surface area contributed by atoms with E-state index in [1.54, 1.807) is 18.7 Å². The summed E-state index contributed by atoms with van der Waals surface area (Å²) in [6.45, 7) is 1.78. The van der Waals surface area contributed by atoms with Gasteiger partial charge in [0.25, 0.3) is 0 Å². The molecule has 0 radical (unpaired) electrons. The van der Waals surface area contributed by atoms with Gasteiger partial charge < -0.3 is 9.84 Å². The van der Waals surface area contributed by atoms with Crippen molar-refractivity contribution in [2.75, 3.05) is 0 Å². The highest BCUT2D eigenvalue weighted by molar-refractivity contribution is 8.01. The molecule has 1 amide bonds. The van der Waals surface area contributed by atoms with Crippen molar-refractivity contribution in [3.05, 3.63) is 41.5 Å². The third kappa shape index (κ3) is 2.65. The smallest absolute Gasteiger partial charge is 0.234 e. The third-order valence-electron chi connectivity index (χ3n) is 4.71. The second-order valence-electron chi connectivity index (χ2n) is 6.33. The van der Waals surface area contributed by atoms with Crippen molar-refractivity contribution in [2.45, 2.75) is 54.7 Å². The average Bonchev–Trinajstić information content (AvgIpc) is 3.25. The molecule has 2 aromatic rings. The molecule has 5 nitrogen and oxygen atoms in total. The largest absolute Gasteiger partial charge is 0.342 e. The minimum atomic E-state index is -0.454. The fraction of sp³-hybridized carbons (Fsp3) is 0.471. The van der Waals surface area contributed by atoms with Crippen LogP contribution in [0.4, 0.5) is 0 Å². The lowest BCUT2D eigenvalue weighted by Crippen LogP contribution is -2.48. The number of hydrogen-bond acceptors (Lipinski definition) is 5. The van der Waals surface area contributed by atoms with Crippen LogP contribution in [0.2, 0.25) is 0 Å². The molecule has 120 valence electrons. The van der Waals surface area contributed by atoms with Crippen LogP contribution in [0.15, 0.2) is 33.7 Å². The molecular formula is C17H19N3O2S. The maximum Gasteiger partial charge on any atom is 0.234 e. The Kier molecular flexibility index (Phi) is 3.64. The summed E-state index contributed by atoms with van der Waals surface area (Å²) in [5, 5.41) is 7.26. The molecular weight excluding hydrogens is 310 g/mol. The second kappa shape index (κ2) is 5.67. The van der Waals surface area contributed by atoms with Gasteiger partial charge in [0.15, 0.2) is 5.82 Å². The van der Waals surface area contributed by atoms with Gasteiger partial charge in [-0.3, -0.25) is 4.79 Å². The Balaban J connectivity index is 1.53. The predicted molar refractivity (Wildman–Crippen MR) is 87.1 cm³/mol. The molecule has 1 atom stereocenters. The first-order valence-electron chi connectivity index (χ1n) is 8.04. The highest BCUT2D eigenvalue weighted by Crippen LogP contribution is 2.40. The molecule has 0 saturated heterocycles. The zero-order valence-corrected chi connectivity index (χ0v) is 13.9. The molecule has 1 aliphatic heterocycles. The number of amides is 1. The Bertz CT molecular complexity index is 712. The molecule has 1 aromatic carbocycles. The van der Waals surface area contributed by atoms with Crippen LogP contribution in [-0.4, -0.2) is 21.3 Å². The van der Waals surface area contributed by atoms with Gasteiger partial charge in [-0.25, -0.2) is 0 Å². The topological polar surface area (TPSA) is 68.0 Å². The molecule has 0 bridgehead atoms. The van der Waals surface area contributed by atoms with E-state index in [0.29, 0.717) is 11.7 Å². The quantitative estimate of drug-likeness (QED) is 0.937. The van der Waals surface area contributed by atoms with Gasteiger partial charge in [-0.15, -0.1) is 11.8 Å². The molecule has 2 aliphatic rings. The number of rotatable bonds is 3. The summed E-state index contributed by atoms with van der Waals surface area (Å²) in [6, 6.07) is 8.23. The van der Waals surface area contributed by atoms with E-state index in [0.717, 1.165) is 32.1 Å². The first-order valence-corrected chi connectivity index (χ1v) is 8.92. The number of aromatic nitrogens is 2. The van der Waals surface area contributed by atoms with Crippen molar-refractivity contribution in [3.63, 3.8) is 0 Å². The van der Waals surface area contributed by atoms with Crippen molar-refractivity contribution in [1.29, 1.82) is 0 Å². The van der Waals surface area contributed by atoms with E-state index in [4.69, 9.17) is 4.52 Å². The van der Waals surface area contributed by atoms with E-state index in [1.165, 1.54) is 10.5 Å². The van der Waals surface area contributed by atoms with E-state index in [9.17, 15) is 4.79 Å². The van der Waals surface area contributed by atoms with Crippen LogP contribution in [0, 0.1) is 6.92 Å². The number of thioether (sulfide) groups is 1. The number of carbonyl (C=O) groups excluding carboxylic acids is 1. The first-order chi connectivity index (χ1) is 11.2. The van der Waals surface area contributed by atoms with Gasteiger partial charge in [0, 0.05) is 11.8 Å². The van der Waals surface area contributed by atoms with Crippen molar-refractivity contribution >= 4 is 17.7 Å². The summed E-state index contributed by atoms with van der Waals surface area (Å²) in [4.78, 5) is 18.4. The predicted octanol–water partition coefficient (Wildman–Crippen LogP) is 2.98. The van der Waals surface area contributed by atoms with Crippen LogP contribution in [0.5, 0.6) is 0 Å². The van der Waals surface area contributed by atoms with Gasteiger partial charge in [0.05, 0.1) is 5.25 Å². The highest BCUT2D eigenvalue weighted by Gasteiger charge is 2.43. The number of benzene rings is 1. The molecule has 1 saturated carbocycles. The van der Waals surface area contributed by atoms with Gasteiger partial charge in [-0.1, -0.05) is 36.2 Å². The maximum atomic E-state index is 12.8. The highest BCUT2D eigenvalue weighted by atomic mass is 32.2. The zero-order chi connectivity index (χ0) is 15.9. The SMILES string of the molecule is Cc1nc(C2(NC(=O)C3Cc4ccccc4S3)CCCC2)no1. The van der Waals surface area contributed by atoms with Crippen LogP contribution in [0.3, 0.4) is 0 Å². The maximum absolute atomic E-state index is 12.8.